The molecule has 19 heavy (non-hydrogen) atoms. The molecule has 1 fully saturated rings. The van der Waals surface area contributed by atoms with Crippen LogP contribution in [-0.2, 0) is 11.2 Å². The molecular weight excluding hydrogens is 240 g/mol. The predicted octanol–water partition coefficient (Wildman–Crippen LogP) is 1.84. The van der Waals surface area contributed by atoms with E-state index in [9.17, 15) is 4.79 Å². The van der Waals surface area contributed by atoms with Crippen LogP contribution in [-0.4, -0.2) is 25.0 Å². The second-order valence-electron chi connectivity index (χ2n) is 5.02. The summed E-state index contributed by atoms with van der Waals surface area (Å²) in [5.74, 6) is 0.0978. The molecular formula is C15H18N2O2. The van der Waals surface area contributed by atoms with Crippen molar-refractivity contribution >= 4 is 16.9 Å². The molecule has 0 saturated carbocycles. The molecule has 2 N–H and O–H groups in total. The maximum atomic E-state index is 12.1. The lowest BCUT2D eigenvalue weighted by atomic mass is 10.0. The summed E-state index contributed by atoms with van der Waals surface area (Å²) in [6, 6.07) is 8.07. The fraction of sp³-hybridized carbons (Fsp3) is 0.400. The van der Waals surface area contributed by atoms with E-state index in [2.05, 4.69) is 10.6 Å². The highest BCUT2D eigenvalue weighted by molar-refractivity contribution is 5.87. The van der Waals surface area contributed by atoms with Crippen LogP contribution < -0.4 is 10.6 Å². The zero-order valence-corrected chi connectivity index (χ0v) is 10.8. The van der Waals surface area contributed by atoms with Crippen molar-refractivity contribution in [3.63, 3.8) is 0 Å². The van der Waals surface area contributed by atoms with Gasteiger partial charge in [-0.15, -0.1) is 0 Å². The normalized spacial score (nSPS) is 16.6. The van der Waals surface area contributed by atoms with Gasteiger partial charge in [0.1, 0.15) is 5.58 Å². The van der Waals surface area contributed by atoms with Gasteiger partial charge in [-0.2, -0.15) is 0 Å². The first-order valence-electron chi connectivity index (χ1n) is 6.78. The van der Waals surface area contributed by atoms with E-state index in [0.717, 1.165) is 42.5 Å². The fourth-order valence-corrected chi connectivity index (χ4v) is 2.63. The Morgan fingerprint density at radius 3 is 3.00 bits per heavy atom. The van der Waals surface area contributed by atoms with Crippen LogP contribution in [0.5, 0.6) is 0 Å². The van der Waals surface area contributed by atoms with Crippen LogP contribution in [0.3, 0.4) is 0 Å². The Hall–Kier alpha value is -1.81. The third-order valence-corrected chi connectivity index (χ3v) is 3.64. The van der Waals surface area contributed by atoms with Gasteiger partial charge in [-0.05, 0) is 43.6 Å². The maximum absolute atomic E-state index is 12.1. The van der Waals surface area contributed by atoms with Crippen molar-refractivity contribution in [2.75, 3.05) is 13.1 Å². The molecule has 1 aromatic carbocycles. The zero-order valence-electron chi connectivity index (χ0n) is 10.8. The summed E-state index contributed by atoms with van der Waals surface area (Å²) >= 11 is 0. The van der Waals surface area contributed by atoms with Crippen LogP contribution in [0, 0.1) is 0 Å². The first-order valence-corrected chi connectivity index (χ1v) is 6.78. The average Bonchev–Trinajstić information content (AvgIpc) is 2.89. The van der Waals surface area contributed by atoms with E-state index in [1.807, 2.05) is 24.3 Å². The molecule has 100 valence electrons. The quantitative estimate of drug-likeness (QED) is 0.883. The van der Waals surface area contributed by atoms with E-state index >= 15 is 0 Å². The minimum atomic E-state index is 0.0978. The molecule has 0 unspecified atom stereocenters. The molecule has 4 nitrogen and oxygen atoms in total. The largest absolute Gasteiger partial charge is 0.464 e. The van der Waals surface area contributed by atoms with Crippen LogP contribution in [0.15, 0.2) is 34.9 Å². The molecule has 0 aliphatic carbocycles. The van der Waals surface area contributed by atoms with Gasteiger partial charge in [0.15, 0.2) is 0 Å². The summed E-state index contributed by atoms with van der Waals surface area (Å²) in [6.07, 6.45) is 4.11. The van der Waals surface area contributed by atoms with Gasteiger partial charge in [-0.25, -0.2) is 0 Å². The zero-order chi connectivity index (χ0) is 13.1. The maximum Gasteiger partial charge on any atom is 0.224 e. The SMILES string of the molecule is O=C(Cc1cccc2occc12)NC1CCNCC1. The van der Waals surface area contributed by atoms with E-state index in [-0.39, 0.29) is 5.91 Å². The number of piperidine rings is 1. The fourth-order valence-electron chi connectivity index (χ4n) is 2.63. The van der Waals surface area contributed by atoms with E-state index in [1.54, 1.807) is 6.26 Å². The number of furan rings is 1. The number of carbonyl (C=O) groups excluding carboxylic acids is 1. The molecule has 0 atom stereocenters. The van der Waals surface area contributed by atoms with E-state index in [0.29, 0.717) is 12.5 Å². The lowest BCUT2D eigenvalue weighted by molar-refractivity contribution is -0.121. The second kappa shape index (κ2) is 5.45. The molecule has 3 rings (SSSR count). The van der Waals surface area contributed by atoms with Crippen LogP contribution in [0.4, 0.5) is 0 Å². The van der Waals surface area contributed by atoms with Gasteiger partial charge >= 0.3 is 0 Å². The molecule has 0 bridgehead atoms. The first-order chi connectivity index (χ1) is 9.33. The standard InChI is InChI=1S/C15H18N2O2/c18-15(17-12-4-7-16-8-5-12)10-11-2-1-3-14-13(11)6-9-19-14/h1-3,6,9,12,16H,4-5,7-8,10H2,(H,17,18). The molecule has 0 spiro atoms. The van der Waals surface area contributed by atoms with Crippen molar-refractivity contribution in [3.05, 3.63) is 36.1 Å². The Morgan fingerprint density at radius 1 is 1.32 bits per heavy atom. The third-order valence-electron chi connectivity index (χ3n) is 3.64. The minimum absolute atomic E-state index is 0.0978. The van der Waals surface area contributed by atoms with Crippen molar-refractivity contribution in [2.45, 2.75) is 25.3 Å². The second-order valence-corrected chi connectivity index (χ2v) is 5.02. The van der Waals surface area contributed by atoms with Gasteiger partial charge in [-0.3, -0.25) is 4.79 Å². The third kappa shape index (κ3) is 2.79. The van der Waals surface area contributed by atoms with Crippen molar-refractivity contribution < 1.29 is 9.21 Å². The minimum Gasteiger partial charge on any atom is -0.464 e. The Balaban J connectivity index is 1.67. The molecule has 4 heteroatoms. The Kier molecular flexibility index (Phi) is 3.51. The highest BCUT2D eigenvalue weighted by Crippen LogP contribution is 2.20. The molecule has 1 aliphatic heterocycles. The molecule has 1 aromatic heterocycles. The summed E-state index contributed by atoms with van der Waals surface area (Å²) < 4.78 is 5.35. The Bertz CT molecular complexity index is 570. The topological polar surface area (TPSA) is 54.3 Å². The number of hydrogen-bond donors (Lipinski definition) is 2. The van der Waals surface area contributed by atoms with E-state index in [1.165, 1.54) is 0 Å². The van der Waals surface area contributed by atoms with Crippen LogP contribution in [0.25, 0.3) is 11.0 Å². The van der Waals surface area contributed by atoms with Crippen molar-refractivity contribution in [1.82, 2.24) is 10.6 Å². The molecule has 1 aliphatic rings. The van der Waals surface area contributed by atoms with Gasteiger partial charge in [0.2, 0.25) is 5.91 Å². The molecule has 2 aromatic rings. The molecule has 1 amide bonds. The lowest BCUT2D eigenvalue weighted by Crippen LogP contribution is -2.43. The number of hydrogen-bond acceptors (Lipinski definition) is 3. The van der Waals surface area contributed by atoms with Crippen LogP contribution >= 0.6 is 0 Å². The van der Waals surface area contributed by atoms with Crippen LogP contribution in [0.1, 0.15) is 18.4 Å². The monoisotopic (exact) mass is 258 g/mol. The predicted molar refractivity (Wildman–Crippen MR) is 74.0 cm³/mol. The van der Waals surface area contributed by atoms with Crippen molar-refractivity contribution in [3.8, 4) is 0 Å². The number of nitrogens with one attached hydrogen (secondary N) is 2. The van der Waals surface area contributed by atoms with Gasteiger partial charge in [0.25, 0.3) is 0 Å². The molecule has 0 radical (unpaired) electrons. The van der Waals surface area contributed by atoms with Gasteiger partial charge in [-0.1, -0.05) is 12.1 Å². The van der Waals surface area contributed by atoms with E-state index < -0.39 is 0 Å². The van der Waals surface area contributed by atoms with E-state index in [4.69, 9.17) is 4.42 Å². The molecule has 1 saturated heterocycles. The smallest absolute Gasteiger partial charge is 0.224 e. The highest BCUT2D eigenvalue weighted by Gasteiger charge is 2.16. The van der Waals surface area contributed by atoms with Crippen molar-refractivity contribution in [2.24, 2.45) is 0 Å². The number of rotatable bonds is 3. The lowest BCUT2D eigenvalue weighted by Gasteiger charge is -2.23. The highest BCUT2D eigenvalue weighted by atomic mass is 16.3. The Labute approximate surface area is 112 Å². The van der Waals surface area contributed by atoms with Gasteiger partial charge in [0, 0.05) is 11.4 Å². The van der Waals surface area contributed by atoms with Gasteiger partial charge < -0.3 is 15.1 Å². The summed E-state index contributed by atoms with van der Waals surface area (Å²) in [5, 5.41) is 7.44. The average molecular weight is 258 g/mol. The number of carbonyl (C=O) groups is 1. The summed E-state index contributed by atoms with van der Waals surface area (Å²) in [6.45, 7) is 1.98. The van der Waals surface area contributed by atoms with Gasteiger partial charge in [0.05, 0.1) is 12.7 Å². The number of amides is 1. The summed E-state index contributed by atoms with van der Waals surface area (Å²) in [7, 11) is 0. The first kappa shape index (κ1) is 12.2. The Morgan fingerprint density at radius 2 is 2.16 bits per heavy atom. The number of benzene rings is 1. The summed E-state index contributed by atoms with van der Waals surface area (Å²) in [4.78, 5) is 12.1. The summed E-state index contributed by atoms with van der Waals surface area (Å²) in [5.41, 5.74) is 1.87. The van der Waals surface area contributed by atoms with Crippen molar-refractivity contribution in [1.29, 1.82) is 0 Å². The van der Waals surface area contributed by atoms with Crippen LogP contribution in [0.2, 0.25) is 0 Å². The number of fused-ring (bicyclic) bond motifs is 1. The molecule has 2 heterocycles.